The van der Waals surface area contributed by atoms with E-state index in [1.165, 1.54) is 24.3 Å². The molecule has 51 heavy (non-hydrogen) atoms. The summed E-state index contributed by atoms with van der Waals surface area (Å²) < 4.78 is 58.4. The van der Waals surface area contributed by atoms with Crippen LogP contribution in [0.2, 0.25) is 0 Å². The Labute approximate surface area is 298 Å². The lowest BCUT2D eigenvalue weighted by Crippen LogP contribution is -1.97. The molecule has 0 spiro atoms. The zero-order chi connectivity index (χ0) is 35.7. The largest absolute Gasteiger partial charge is 0.457 e. The molecule has 0 aliphatic rings. The fourth-order valence-corrected chi connectivity index (χ4v) is 5.41. The van der Waals surface area contributed by atoms with E-state index in [0.29, 0.717) is 57.5 Å². The van der Waals surface area contributed by atoms with Gasteiger partial charge in [-0.15, -0.1) is 0 Å². The highest BCUT2D eigenvalue weighted by Crippen LogP contribution is 2.38. The second-order valence-corrected chi connectivity index (χ2v) is 12.5. The van der Waals surface area contributed by atoms with Gasteiger partial charge in [0, 0.05) is 36.4 Å². The molecule has 0 heterocycles. The minimum absolute atomic E-state index is 0.255. The van der Waals surface area contributed by atoms with E-state index in [0.717, 1.165) is 24.0 Å². The Hall–Kier alpha value is -5.82. The van der Waals surface area contributed by atoms with Crippen LogP contribution in [0.25, 0.3) is 0 Å². The van der Waals surface area contributed by atoms with Crippen LogP contribution >= 0.6 is 0 Å². The van der Waals surface area contributed by atoms with Crippen LogP contribution in [-0.2, 0) is 0 Å². The molecule has 0 bridgehead atoms. The molecule has 6 rings (SSSR count). The van der Waals surface area contributed by atoms with Crippen LogP contribution < -0.4 is 23.7 Å². The third kappa shape index (κ3) is 9.67. The summed E-state index contributed by atoms with van der Waals surface area (Å²) in [7, 11) is 0. The Balaban J connectivity index is 1.26. The van der Waals surface area contributed by atoms with Gasteiger partial charge in [-0.05, 0) is 109 Å². The molecule has 0 N–H and O–H groups in total. The summed E-state index contributed by atoms with van der Waals surface area (Å²) in [6.07, 6.45) is 1.87. The van der Waals surface area contributed by atoms with Gasteiger partial charge in [0.05, 0.1) is 0 Å². The van der Waals surface area contributed by atoms with Crippen LogP contribution in [-0.4, -0.2) is 0 Å². The molecule has 0 aliphatic heterocycles. The minimum atomic E-state index is -0.371. The van der Waals surface area contributed by atoms with Gasteiger partial charge in [0.25, 0.3) is 0 Å². The van der Waals surface area contributed by atoms with Crippen LogP contribution in [0.3, 0.4) is 0 Å². The Morgan fingerprint density at radius 3 is 0.941 bits per heavy atom. The summed E-state index contributed by atoms with van der Waals surface area (Å²) in [5, 5.41) is 0. The Morgan fingerprint density at radius 1 is 0.373 bits per heavy atom. The van der Waals surface area contributed by atoms with Crippen molar-refractivity contribution in [3.05, 3.63) is 156 Å². The molecule has 6 aromatic rings. The molecular formula is C44H40F2O5. The van der Waals surface area contributed by atoms with E-state index in [2.05, 4.69) is 27.7 Å². The van der Waals surface area contributed by atoms with Gasteiger partial charge in [0.2, 0.25) is 0 Å². The molecule has 5 nitrogen and oxygen atoms in total. The molecule has 0 saturated heterocycles. The smallest absolute Gasteiger partial charge is 0.131 e. The van der Waals surface area contributed by atoms with Crippen molar-refractivity contribution in [1.29, 1.82) is 0 Å². The fraction of sp³-hybridized carbons (Fsp3) is 0.182. The quantitative estimate of drug-likeness (QED) is 0.114. The van der Waals surface area contributed by atoms with E-state index in [9.17, 15) is 8.78 Å². The van der Waals surface area contributed by atoms with Crippen molar-refractivity contribution in [1.82, 2.24) is 0 Å². The molecular weight excluding hydrogens is 646 g/mol. The SMILES string of the molecule is CCC(C)c1cc(Oc2cccc(Oc3cccc(F)c3)c2)cc(Oc2cc(Oc3cccc(Oc4cccc(F)c4)c3)cc(C(C)CC)c2)c1. The Morgan fingerprint density at radius 2 is 0.627 bits per heavy atom. The zero-order valence-electron chi connectivity index (χ0n) is 29.1. The van der Waals surface area contributed by atoms with Crippen LogP contribution in [0.4, 0.5) is 8.78 Å². The molecule has 260 valence electrons. The molecule has 0 aliphatic carbocycles. The molecule has 0 fully saturated rings. The number of rotatable bonds is 14. The third-order valence-corrected chi connectivity index (χ3v) is 8.55. The lowest BCUT2D eigenvalue weighted by Gasteiger charge is -2.18. The van der Waals surface area contributed by atoms with Crippen LogP contribution in [0.1, 0.15) is 63.5 Å². The first-order chi connectivity index (χ1) is 24.7. The monoisotopic (exact) mass is 686 g/mol. The average Bonchev–Trinajstić information content (AvgIpc) is 3.11. The lowest BCUT2D eigenvalue weighted by atomic mass is 9.97. The highest BCUT2D eigenvalue weighted by Gasteiger charge is 2.14. The molecule has 0 saturated carbocycles. The standard InChI is InChI=1S/C44H40F2O5/c1-5-29(3)31-19-41(49-39-17-9-15-37(25-39)47-35-13-7-11-33(45)23-35)27-43(21-31)51-44-22-32(30(4)6-2)20-42(28-44)50-40-18-10-16-38(26-40)48-36-14-8-12-34(46)24-36/h7-30H,5-6H2,1-4H3. The van der Waals surface area contributed by atoms with E-state index in [4.69, 9.17) is 23.7 Å². The van der Waals surface area contributed by atoms with Gasteiger partial charge >= 0.3 is 0 Å². The number of benzene rings is 6. The van der Waals surface area contributed by atoms with E-state index >= 15 is 0 Å². The van der Waals surface area contributed by atoms with Crippen molar-refractivity contribution >= 4 is 0 Å². The molecule has 7 heteroatoms. The van der Waals surface area contributed by atoms with E-state index in [1.54, 1.807) is 48.5 Å². The van der Waals surface area contributed by atoms with Gasteiger partial charge in [0.15, 0.2) is 0 Å². The lowest BCUT2D eigenvalue weighted by molar-refractivity contribution is 0.442. The summed E-state index contributed by atoms with van der Waals surface area (Å²) in [5.74, 6) is 5.18. The first kappa shape index (κ1) is 35.0. The Bertz CT molecular complexity index is 1950. The normalized spacial score (nSPS) is 12.1. The molecule has 6 aromatic carbocycles. The van der Waals surface area contributed by atoms with E-state index < -0.39 is 0 Å². The van der Waals surface area contributed by atoms with Crippen molar-refractivity contribution in [2.45, 2.75) is 52.4 Å². The molecule has 2 atom stereocenters. The second kappa shape index (κ2) is 16.3. The predicted molar refractivity (Wildman–Crippen MR) is 196 cm³/mol. The van der Waals surface area contributed by atoms with Gasteiger partial charge < -0.3 is 23.7 Å². The predicted octanol–water partition coefficient (Wildman–Crippen LogP) is 14.0. The van der Waals surface area contributed by atoms with Crippen LogP contribution in [0, 0.1) is 11.6 Å². The van der Waals surface area contributed by atoms with Gasteiger partial charge in [-0.25, -0.2) is 8.78 Å². The number of hydrogen-bond donors (Lipinski definition) is 0. The number of ether oxygens (including phenoxy) is 5. The first-order valence-corrected chi connectivity index (χ1v) is 17.1. The fourth-order valence-electron chi connectivity index (χ4n) is 5.41. The van der Waals surface area contributed by atoms with E-state index in [1.807, 2.05) is 60.7 Å². The zero-order valence-corrected chi connectivity index (χ0v) is 29.1. The minimum Gasteiger partial charge on any atom is -0.457 e. The second-order valence-electron chi connectivity index (χ2n) is 12.5. The van der Waals surface area contributed by atoms with Crippen molar-refractivity contribution in [2.75, 3.05) is 0 Å². The van der Waals surface area contributed by atoms with Crippen molar-refractivity contribution in [2.24, 2.45) is 0 Å². The van der Waals surface area contributed by atoms with Gasteiger partial charge in [-0.2, -0.15) is 0 Å². The van der Waals surface area contributed by atoms with Crippen LogP contribution in [0.5, 0.6) is 57.5 Å². The first-order valence-electron chi connectivity index (χ1n) is 17.1. The summed E-state index contributed by atoms with van der Waals surface area (Å²) in [4.78, 5) is 0. The number of halogens is 2. The van der Waals surface area contributed by atoms with Gasteiger partial charge in [-0.3, -0.25) is 0 Å². The summed E-state index contributed by atoms with van der Waals surface area (Å²) in [6.45, 7) is 8.61. The molecule has 0 amide bonds. The average molecular weight is 687 g/mol. The molecule has 0 aromatic heterocycles. The van der Waals surface area contributed by atoms with Crippen molar-refractivity contribution in [3.8, 4) is 57.5 Å². The maximum atomic E-state index is 13.7. The maximum absolute atomic E-state index is 13.7. The van der Waals surface area contributed by atoms with Crippen molar-refractivity contribution in [3.63, 3.8) is 0 Å². The van der Waals surface area contributed by atoms with Gasteiger partial charge in [-0.1, -0.05) is 52.0 Å². The van der Waals surface area contributed by atoms with Crippen molar-refractivity contribution < 1.29 is 32.5 Å². The summed E-state index contributed by atoms with van der Waals surface area (Å²) >= 11 is 0. The highest BCUT2D eigenvalue weighted by atomic mass is 19.1. The van der Waals surface area contributed by atoms with E-state index in [-0.39, 0.29) is 23.5 Å². The summed E-state index contributed by atoms with van der Waals surface area (Å²) in [6, 6.07) is 38.3. The maximum Gasteiger partial charge on any atom is 0.131 e. The topological polar surface area (TPSA) is 46.2 Å². The molecule has 2 unspecified atom stereocenters. The Kier molecular flexibility index (Phi) is 11.2. The summed E-state index contributed by atoms with van der Waals surface area (Å²) in [5.41, 5.74) is 2.14. The molecule has 0 radical (unpaired) electrons. The third-order valence-electron chi connectivity index (χ3n) is 8.55. The number of hydrogen-bond acceptors (Lipinski definition) is 5. The van der Waals surface area contributed by atoms with Crippen LogP contribution in [0.15, 0.2) is 133 Å². The highest BCUT2D eigenvalue weighted by molar-refractivity contribution is 5.48. The van der Waals surface area contributed by atoms with Gasteiger partial charge in [0.1, 0.15) is 69.1 Å².